The molecule has 0 amide bonds. The smallest absolute Gasteiger partial charge is 0.385 e. The van der Waals surface area contributed by atoms with E-state index in [0.717, 1.165) is 53.1 Å². The van der Waals surface area contributed by atoms with E-state index in [0.29, 0.717) is 0 Å². The molecule has 2 nitrogen and oxygen atoms in total. The monoisotopic (exact) mass is 466 g/mol. The Morgan fingerprint density at radius 3 is 2.21 bits per heavy atom. The van der Waals surface area contributed by atoms with Crippen LogP contribution in [0.2, 0.25) is 0 Å². The standard InChI is InChI=1S/C29H33F3N2/c1-17-8-9-18(2)28-27(17)26(23(7)34-28)14-15-33-22(6)21(5)19(3)16-20(4)24-10-12-25(13-11-24)29(30,31)32/h8-13,16,33-34H,6,14-15H2,1-5,7H3/b20-16+,21-19+. The van der Waals surface area contributed by atoms with Gasteiger partial charge in [-0.3, -0.25) is 0 Å². The van der Waals surface area contributed by atoms with Gasteiger partial charge in [-0.2, -0.15) is 13.2 Å². The average Bonchev–Trinajstić information content (AvgIpc) is 3.12. The molecule has 0 spiro atoms. The maximum atomic E-state index is 12.8. The van der Waals surface area contributed by atoms with E-state index in [4.69, 9.17) is 0 Å². The fourth-order valence-corrected chi connectivity index (χ4v) is 4.27. The Balaban J connectivity index is 1.69. The Morgan fingerprint density at radius 1 is 0.971 bits per heavy atom. The number of nitrogens with one attached hydrogen (secondary N) is 2. The molecule has 0 saturated heterocycles. The molecule has 0 atom stereocenters. The lowest BCUT2D eigenvalue weighted by molar-refractivity contribution is -0.137. The molecule has 3 aromatic rings. The van der Waals surface area contributed by atoms with E-state index >= 15 is 0 Å². The second-order valence-electron chi connectivity index (χ2n) is 9.04. The van der Waals surface area contributed by atoms with Crippen LogP contribution in [0.1, 0.15) is 54.3 Å². The third-order valence-corrected chi connectivity index (χ3v) is 6.55. The first-order valence-corrected chi connectivity index (χ1v) is 11.4. The summed E-state index contributed by atoms with van der Waals surface area (Å²) in [5.74, 6) is 0. The highest BCUT2D eigenvalue weighted by molar-refractivity contribution is 5.90. The molecular formula is C29H33F3N2. The van der Waals surface area contributed by atoms with Crippen molar-refractivity contribution < 1.29 is 13.2 Å². The Labute approximate surface area is 200 Å². The van der Waals surface area contributed by atoms with Gasteiger partial charge in [0.2, 0.25) is 0 Å². The summed E-state index contributed by atoms with van der Waals surface area (Å²) in [6.45, 7) is 17.2. The summed E-state index contributed by atoms with van der Waals surface area (Å²) >= 11 is 0. The van der Waals surface area contributed by atoms with Crippen LogP contribution in [-0.2, 0) is 12.6 Å². The molecule has 180 valence electrons. The zero-order valence-electron chi connectivity index (χ0n) is 20.8. The highest BCUT2D eigenvalue weighted by Gasteiger charge is 2.29. The van der Waals surface area contributed by atoms with Crippen molar-refractivity contribution in [2.24, 2.45) is 0 Å². The molecule has 3 rings (SSSR count). The van der Waals surface area contributed by atoms with Crippen molar-refractivity contribution in [3.63, 3.8) is 0 Å². The number of hydrogen-bond acceptors (Lipinski definition) is 1. The van der Waals surface area contributed by atoms with Crippen molar-refractivity contribution in [3.8, 4) is 0 Å². The van der Waals surface area contributed by atoms with Crippen LogP contribution in [0, 0.1) is 20.8 Å². The average molecular weight is 467 g/mol. The van der Waals surface area contributed by atoms with Crippen molar-refractivity contribution in [1.82, 2.24) is 10.3 Å². The maximum absolute atomic E-state index is 12.8. The summed E-state index contributed by atoms with van der Waals surface area (Å²) in [6, 6.07) is 9.58. The number of aromatic nitrogens is 1. The SMILES string of the molecule is C=C(NCCc1c(C)[nH]c2c(C)ccc(C)c12)/C(C)=C(C)/C=C(\C)c1ccc(C(F)(F)F)cc1. The zero-order chi connectivity index (χ0) is 25.2. The normalized spacial score (nSPS) is 13.3. The van der Waals surface area contributed by atoms with Gasteiger partial charge in [-0.05, 0) is 99.1 Å². The van der Waals surface area contributed by atoms with Crippen LogP contribution in [0.25, 0.3) is 16.5 Å². The predicted octanol–water partition coefficient (Wildman–Crippen LogP) is 8.20. The number of aryl methyl sites for hydroxylation is 3. The summed E-state index contributed by atoms with van der Waals surface area (Å²) < 4.78 is 38.4. The van der Waals surface area contributed by atoms with Crippen molar-refractivity contribution in [3.05, 3.63) is 99.4 Å². The fraction of sp³-hybridized carbons (Fsp3) is 0.310. The first kappa shape index (κ1) is 25.4. The number of fused-ring (bicyclic) bond motifs is 1. The summed E-state index contributed by atoms with van der Waals surface area (Å²) in [7, 11) is 0. The van der Waals surface area contributed by atoms with Crippen LogP contribution < -0.4 is 5.32 Å². The van der Waals surface area contributed by atoms with Crippen LogP contribution in [0.5, 0.6) is 0 Å². The fourth-order valence-electron chi connectivity index (χ4n) is 4.27. The molecule has 1 heterocycles. The number of rotatable bonds is 7. The molecule has 2 aromatic carbocycles. The third kappa shape index (κ3) is 5.46. The van der Waals surface area contributed by atoms with Crippen LogP contribution in [0.3, 0.4) is 0 Å². The Kier molecular flexibility index (Phi) is 7.44. The van der Waals surface area contributed by atoms with Crippen molar-refractivity contribution in [2.75, 3.05) is 6.54 Å². The van der Waals surface area contributed by atoms with Crippen molar-refractivity contribution >= 4 is 16.5 Å². The summed E-state index contributed by atoms with van der Waals surface area (Å²) in [5, 5.41) is 4.75. The van der Waals surface area contributed by atoms with Gasteiger partial charge in [-0.15, -0.1) is 0 Å². The van der Waals surface area contributed by atoms with Crippen LogP contribution in [0.15, 0.2) is 65.9 Å². The Morgan fingerprint density at radius 2 is 1.59 bits per heavy atom. The van der Waals surface area contributed by atoms with Gasteiger partial charge < -0.3 is 10.3 Å². The number of hydrogen-bond donors (Lipinski definition) is 2. The highest BCUT2D eigenvalue weighted by Crippen LogP contribution is 2.31. The molecule has 0 aliphatic carbocycles. The lowest BCUT2D eigenvalue weighted by Gasteiger charge is -2.13. The molecule has 0 bridgehead atoms. The predicted molar refractivity (Wildman–Crippen MR) is 137 cm³/mol. The van der Waals surface area contributed by atoms with E-state index in [9.17, 15) is 13.2 Å². The van der Waals surface area contributed by atoms with E-state index in [-0.39, 0.29) is 0 Å². The van der Waals surface area contributed by atoms with Crippen LogP contribution in [0.4, 0.5) is 13.2 Å². The molecule has 34 heavy (non-hydrogen) atoms. The number of benzene rings is 2. The number of allylic oxidation sites excluding steroid dienone is 4. The Hall–Kier alpha value is -3.21. The van der Waals surface area contributed by atoms with Gasteiger partial charge >= 0.3 is 6.18 Å². The number of aromatic amines is 1. The number of H-pyrrole nitrogens is 1. The van der Waals surface area contributed by atoms with Crippen LogP contribution >= 0.6 is 0 Å². The highest BCUT2D eigenvalue weighted by atomic mass is 19.4. The molecular weight excluding hydrogens is 433 g/mol. The molecule has 5 heteroatoms. The molecule has 0 unspecified atom stereocenters. The topological polar surface area (TPSA) is 27.8 Å². The van der Waals surface area contributed by atoms with Gasteiger partial charge in [0.25, 0.3) is 0 Å². The molecule has 1 aromatic heterocycles. The van der Waals surface area contributed by atoms with E-state index < -0.39 is 11.7 Å². The molecule has 0 radical (unpaired) electrons. The largest absolute Gasteiger partial charge is 0.416 e. The Bertz CT molecular complexity index is 1270. The lowest BCUT2D eigenvalue weighted by atomic mass is 10.00. The van der Waals surface area contributed by atoms with Gasteiger partial charge in [0.15, 0.2) is 0 Å². The minimum absolute atomic E-state index is 0.638. The summed E-state index contributed by atoms with van der Waals surface area (Å²) in [6.07, 6.45) is -1.46. The number of halogens is 3. The van der Waals surface area contributed by atoms with E-state index in [1.165, 1.54) is 45.4 Å². The molecule has 0 fully saturated rings. The second kappa shape index (κ2) is 9.96. The summed E-state index contributed by atoms with van der Waals surface area (Å²) in [4.78, 5) is 3.53. The summed E-state index contributed by atoms with van der Waals surface area (Å²) in [5.41, 5.74) is 10.2. The number of alkyl halides is 3. The van der Waals surface area contributed by atoms with E-state index in [1.54, 1.807) is 0 Å². The zero-order valence-corrected chi connectivity index (χ0v) is 20.8. The third-order valence-electron chi connectivity index (χ3n) is 6.55. The van der Waals surface area contributed by atoms with Crippen molar-refractivity contribution in [2.45, 2.75) is 54.1 Å². The minimum atomic E-state index is -4.32. The second-order valence-corrected chi connectivity index (χ2v) is 9.04. The van der Waals surface area contributed by atoms with E-state index in [1.807, 2.05) is 26.8 Å². The maximum Gasteiger partial charge on any atom is 0.416 e. The van der Waals surface area contributed by atoms with Crippen molar-refractivity contribution in [1.29, 1.82) is 0 Å². The van der Waals surface area contributed by atoms with Gasteiger partial charge in [0, 0.05) is 28.8 Å². The quantitative estimate of drug-likeness (QED) is 0.338. The molecule has 0 saturated carbocycles. The lowest BCUT2D eigenvalue weighted by Crippen LogP contribution is -2.17. The minimum Gasteiger partial charge on any atom is -0.385 e. The van der Waals surface area contributed by atoms with Gasteiger partial charge in [-0.1, -0.05) is 36.9 Å². The molecule has 0 aliphatic heterocycles. The van der Waals surface area contributed by atoms with Crippen LogP contribution in [-0.4, -0.2) is 11.5 Å². The first-order valence-electron chi connectivity index (χ1n) is 11.4. The molecule has 0 aliphatic rings. The van der Waals surface area contributed by atoms with Gasteiger partial charge in [0.05, 0.1) is 5.56 Å². The van der Waals surface area contributed by atoms with Gasteiger partial charge in [0.1, 0.15) is 0 Å². The van der Waals surface area contributed by atoms with Gasteiger partial charge in [-0.25, -0.2) is 0 Å². The van der Waals surface area contributed by atoms with E-state index in [2.05, 4.69) is 49.8 Å². The first-order chi connectivity index (χ1) is 15.9. The molecule has 2 N–H and O–H groups in total.